The van der Waals surface area contributed by atoms with Crippen molar-refractivity contribution in [3.8, 4) is 0 Å². The van der Waals surface area contributed by atoms with Crippen LogP contribution in [-0.4, -0.2) is 12.2 Å². The van der Waals surface area contributed by atoms with Crippen molar-refractivity contribution in [3.05, 3.63) is 0 Å². The second-order valence-electron chi connectivity index (χ2n) is 4.22. The summed E-state index contributed by atoms with van der Waals surface area (Å²) >= 11 is 0. The Labute approximate surface area is 82.9 Å². The van der Waals surface area contributed by atoms with Crippen molar-refractivity contribution in [2.75, 3.05) is 0 Å². The van der Waals surface area contributed by atoms with Gasteiger partial charge >= 0.3 is 0 Å². The molecular formula is C12H24O. The lowest BCUT2D eigenvalue weighted by Gasteiger charge is -2.29. The van der Waals surface area contributed by atoms with Gasteiger partial charge in [0.05, 0.1) is 12.2 Å². The van der Waals surface area contributed by atoms with Gasteiger partial charge in [-0.2, -0.15) is 0 Å². The molecule has 0 bridgehead atoms. The van der Waals surface area contributed by atoms with E-state index in [1.807, 2.05) is 0 Å². The van der Waals surface area contributed by atoms with Gasteiger partial charge in [-0.25, -0.2) is 0 Å². The van der Waals surface area contributed by atoms with Crippen LogP contribution in [0.3, 0.4) is 0 Å². The Hall–Kier alpha value is -0.0400. The van der Waals surface area contributed by atoms with Crippen molar-refractivity contribution in [2.45, 2.75) is 77.4 Å². The third-order valence-corrected chi connectivity index (χ3v) is 3.02. The second-order valence-corrected chi connectivity index (χ2v) is 4.22. The maximum atomic E-state index is 5.98. The molecule has 0 aromatic heterocycles. The Balaban J connectivity index is 2.11. The zero-order valence-corrected chi connectivity index (χ0v) is 9.22. The first kappa shape index (κ1) is 11.0. The summed E-state index contributed by atoms with van der Waals surface area (Å²) in [6, 6.07) is 0. The van der Waals surface area contributed by atoms with Crippen LogP contribution in [0.25, 0.3) is 0 Å². The van der Waals surface area contributed by atoms with Crippen LogP contribution in [0.1, 0.15) is 65.2 Å². The van der Waals surface area contributed by atoms with Gasteiger partial charge in [0, 0.05) is 0 Å². The molecule has 0 radical (unpaired) electrons. The molecule has 0 aromatic carbocycles. The van der Waals surface area contributed by atoms with Crippen LogP contribution in [0.2, 0.25) is 0 Å². The minimum atomic E-state index is 0.570. The van der Waals surface area contributed by atoms with Crippen molar-refractivity contribution in [1.82, 2.24) is 0 Å². The topological polar surface area (TPSA) is 9.23 Å². The molecule has 1 heterocycles. The van der Waals surface area contributed by atoms with Gasteiger partial charge in [0.2, 0.25) is 0 Å². The number of hydrogen-bond donors (Lipinski definition) is 0. The van der Waals surface area contributed by atoms with Crippen molar-refractivity contribution in [3.63, 3.8) is 0 Å². The largest absolute Gasteiger partial charge is 0.375 e. The van der Waals surface area contributed by atoms with Crippen molar-refractivity contribution in [2.24, 2.45) is 0 Å². The van der Waals surface area contributed by atoms with Crippen LogP contribution < -0.4 is 0 Å². The molecule has 1 saturated heterocycles. The third kappa shape index (κ3) is 4.12. The van der Waals surface area contributed by atoms with Gasteiger partial charge in [0.1, 0.15) is 0 Å². The highest BCUT2D eigenvalue weighted by Gasteiger charge is 2.20. The van der Waals surface area contributed by atoms with Gasteiger partial charge in [0.15, 0.2) is 0 Å². The first-order chi connectivity index (χ1) is 6.36. The predicted molar refractivity (Wildman–Crippen MR) is 56.9 cm³/mol. The van der Waals surface area contributed by atoms with E-state index >= 15 is 0 Å². The average Bonchev–Trinajstić information content (AvgIpc) is 2.19. The summed E-state index contributed by atoms with van der Waals surface area (Å²) < 4.78 is 5.98. The fraction of sp³-hybridized carbons (Fsp3) is 1.00. The lowest BCUT2D eigenvalue weighted by molar-refractivity contribution is -0.0548. The van der Waals surface area contributed by atoms with E-state index in [0.29, 0.717) is 12.2 Å². The zero-order valence-electron chi connectivity index (χ0n) is 9.22. The van der Waals surface area contributed by atoms with Crippen LogP contribution in [0.4, 0.5) is 0 Å². The lowest BCUT2D eigenvalue weighted by atomic mass is 9.99. The Kier molecular flexibility index (Phi) is 5.45. The molecule has 13 heavy (non-hydrogen) atoms. The van der Waals surface area contributed by atoms with Gasteiger partial charge in [-0.1, -0.05) is 33.1 Å². The second kappa shape index (κ2) is 6.42. The molecule has 0 amide bonds. The lowest BCUT2D eigenvalue weighted by Crippen LogP contribution is -2.26. The summed E-state index contributed by atoms with van der Waals surface area (Å²) in [5, 5.41) is 0. The highest BCUT2D eigenvalue weighted by Crippen LogP contribution is 2.24. The van der Waals surface area contributed by atoms with Gasteiger partial charge in [-0.05, 0) is 32.1 Å². The van der Waals surface area contributed by atoms with Gasteiger partial charge < -0.3 is 4.74 Å². The molecule has 1 nitrogen and oxygen atoms in total. The fourth-order valence-corrected chi connectivity index (χ4v) is 2.12. The summed E-state index contributed by atoms with van der Waals surface area (Å²) in [7, 11) is 0. The van der Waals surface area contributed by atoms with E-state index in [1.165, 1.54) is 51.4 Å². The normalized spacial score (nSPS) is 29.1. The quantitative estimate of drug-likeness (QED) is 0.588. The summed E-state index contributed by atoms with van der Waals surface area (Å²) in [5.74, 6) is 0. The zero-order chi connectivity index (χ0) is 9.52. The molecule has 1 fully saturated rings. The van der Waals surface area contributed by atoms with Crippen LogP contribution in [0.15, 0.2) is 0 Å². The maximum absolute atomic E-state index is 5.98. The third-order valence-electron chi connectivity index (χ3n) is 3.02. The Bertz CT molecular complexity index is 122. The molecular weight excluding hydrogens is 160 g/mol. The number of ether oxygens (including phenoxy) is 1. The number of hydrogen-bond acceptors (Lipinski definition) is 1. The molecule has 0 saturated carbocycles. The molecule has 0 aromatic rings. The number of unbranched alkanes of at least 4 members (excludes halogenated alkanes) is 2. The molecule has 78 valence electrons. The minimum absolute atomic E-state index is 0.570. The minimum Gasteiger partial charge on any atom is -0.375 e. The standard InChI is InChI=1S/C12H24O/c1-3-5-6-8-12-10-7-9-11(4-2)13-12/h11-12H,3-10H2,1-2H3/t11-,12-/m1/s1. The highest BCUT2D eigenvalue weighted by molar-refractivity contribution is 4.70. The molecule has 1 heteroatoms. The first-order valence-electron chi connectivity index (χ1n) is 6.02. The van der Waals surface area contributed by atoms with E-state index < -0.39 is 0 Å². The molecule has 0 aliphatic carbocycles. The SMILES string of the molecule is CCCCC[C@@H]1CCC[C@@H](CC)O1. The van der Waals surface area contributed by atoms with Crippen molar-refractivity contribution in [1.29, 1.82) is 0 Å². The summed E-state index contributed by atoms with van der Waals surface area (Å²) in [6.07, 6.45) is 11.7. The maximum Gasteiger partial charge on any atom is 0.0579 e. The van der Waals surface area contributed by atoms with Crippen LogP contribution in [0, 0.1) is 0 Å². The van der Waals surface area contributed by atoms with E-state index in [-0.39, 0.29) is 0 Å². The molecule has 0 spiro atoms. The van der Waals surface area contributed by atoms with Gasteiger partial charge in [-0.15, -0.1) is 0 Å². The van der Waals surface area contributed by atoms with E-state index in [4.69, 9.17) is 4.74 Å². The first-order valence-corrected chi connectivity index (χ1v) is 6.02. The highest BCUT2D eigenvalue weighted by atomic mass is 16.5. The summed E-state index contributed by atoms with van der Waals surface area (Å²) in [5.41, 5.74) is 0. The van der Waals surface area contributed by atoms with Crippen LogP contribution in [-0.2, 0) is 4.74 Å². The van der Waals surface area contributed by atoms with E-state index in [9.17, 15) is 0 Å². The molecule has 1 aliphatic rings. The van der Waals surface area contributed by atoms with Gasteiger partial charge in [-0.3, -0.25) is 0 Å². The summed E-state index contributed by atoms with van der Waals surface area (Å²) in [6.45, 7) is 4.50. The van der Waals surface area contributed by atoms with E-state index in [0.717, 1.165) is 0 Å². The van der Waals surface area contributed by atoms with Crippen molar-refractivity contribution < 1.29 is 4.74 Å². The molecule has 2 atom stereocenters. The molecule has 0 N–H and O–H groups in total. The summed E-state index contributed by atoms with van der Waals surface area (Å²) in [4.78, 5) is 0. The Morgan fingerprint density at radius 2 is 1.85 bits per heavy atom. The predicted octanol–water partition coefficient (Wildman–Crippen LogP) is 3.91. The molecule has 0 unspecified atom stereocenters. The monoisotopic (exact) mass is 184 g/mol. The molecule has 1 aliphatic heterocycles. The van der Waals surface area contributed by atoms with Crippen LogP contribution >= 0.6 is 0 Å². The smallest absolute Gasteiger partial charge is 0.0579 e. The van der Waals surface area contributed by atoms with Gasteiger partial charge in [0.25, 0.3) is 0 Å². The molecule has 1 rings (SSSR count). The van der Waals surface area contributed by atoms with Crippen LogP contribution in [0.5, 0.6) is 0 Å². The Morgan fingerprint density at radius 1 is 1.08 bits per heavy atom. The average molecular weight is 184 g/mol. The number of rotatable bonds is 5. The van der Waals surface area contributed by atoms with E-state index in [2.05, 4.69) is 13.8 Å². The van der Waals surface area contributed by atoms with E-state index in [1.54, 1.807) is 0 Å². The Morgan fingerprint density at radius 3 is 2.54 bits per heavy atom. The fourth-order valence-electron chi connectivity index (χ4n) is 2.12. The van der Waals surface area contributed by atoms with Crippen molar-refractivity contribution >= 4 is 0 Å².